The van der Waals surface area contributed by atoms with Crippen molar-refractivity contribution in [3.8, 4) is 11.6 Å². The van der Waals surface area contributed by atoms with Gasteiger partial charge in [-0.1, -0.05) is 30.7 Å². The highest BCUT2D eigenvalue weighted by molar-refractivity contribution is 7.98. The Balaban J connectivity index is 2.30. The van der Waals surface area contributed by atoms with Gasteiger partial charge in [0, 0.05) is 17.4 Å². The zero-order valence-corrected chi connectivity index (χ0v) is 11.8. The summed E-state index contributed by atoms with van der Waals surface area (Å²) in [6, 6.07) is 9.44. The Morgan fingerprint density at radius 2 is 2.06 bits per heavy atom. The number of aromatic nitrogens is 2. The number of hydrogen-bond donors (Lipinski definition) is 0. The van der Waals surface area contributed by atoms with E-state index in [-0.39, 0.29) is 0 Å². The lowest BCUT2D eigenvalue weighted by Gasteiger charge is -2.09. The first-order valence-corrected chi connectivity index (χ1v) is 7.17. The first-order chi connectivity index (χ1) is 8.72. The molecule has 1 aromatic carbocycles. The van der Waals surface area contributed by atoms with Crippen molar-refractivity contribution >= 4 is 23.4 Å². The third-order valence-electron chi connectivity index (χ3n) is 2.32. The van der Waals surface area contributed by atoms with E-state index in [1.54, 1.807) is 17.8 Å². The van der Waals surface area contributed by atoms with E-state index in [0.29, 0.717) is 16.9 Å². The van der Waals surface area contributed by atoms with Crippen LogP contribution in [0.15, 0.2) is 35.2 Å². The van der Waals surface area contributed by atoms with E-state index in [4.69, 9.17) is 16.3 Å². The molecule has 0 unspecified atom stereocenters. The average molecular weight is 281 g/mol. The van der Waals surface area contributed by atoms with Crippen LogP contribution in [0.5, 0.6) is 11.6 Å². The number of para-hydroxylation sites is 1. The van der Waals surface area contributed by atoms with Crippen molar-refractivity contribution in [2.24, 2.45) is 0 Å². The van der Waals surface area contributed by atoms with Gasteiger partial charge in [0.25, 0.3) is 0 Å². The summed E-state index contributed by atoms with van der Waals surface area (Å²) in [6.07, 6.45) is 2.73. The third-order valence-corrected chi connectivity index (χ3v) is 3.29. The molecule has 0 aliphatic rings. The van der Waals surface area contributed by atoms with Crippen molar-refractivity contribution in [1.82, 2.24) is 9.97 Å². The van der Waals surface area contributed by atoms with Crippen LogP contribution in [0.1, 0.15) is 12.7 Å². The van der Waals surface area contributed by atoms with Gasteiger partial charge in [0.2, 0.25) is 5.88 Å². The van der Waals surface area contributed by atoms with Gasteiger partial charge in [0.1, 0.15) is 16.7 Å². The Morgan fingerprint density at radius 1 is 1.28 bits per heavy atom. The summed E-state index contributed by atoms with van der Waals surface area (Å²) >= 11 is 7.56. The Labute approximate surface area is 116 Å². The minimum absolute atomic E-state index is 0.401. The minimum Gasteiger partial charge on any atom is -0.438 e. The van der Waals surface area contributed by atoms with Crippen molar-refractivity contribution in [3.63, 3.8) is 0 Å². The molecule has 1 heterocycles. The number of aryl methyl sites for hydroxylation is 1. The molecule has 0 saturated heterocycles. The Hall–Kier alpha value is -1.26. The number of nitrogens with zero attached hydrogens (tertiary/aromatic N) is 2. The van der Waals surface area contributed by atoms with Crippen molar-refractivity contribution in [2.75, 3.05) is 6.26 Å². The van der Waals surface area contributed by atoms with Gasteiger partial charge in [-0.3, -0.25) is 0 Å². The second kappa shape index (κ2) is 6.07. The van der Waals surface area contributed by atoms with Gasteiger partial charge in [-0.15, -0.1) is 11.8 Å². The third kappa shape index (κ3) is 3.15. The number of hydrogen-bond acceptors (Lipinski definition) is 4. The first kappa shape index (κ1) is 13.2. The standard InChI is InChI=1S/C13H13ClN2OS/c1-3-12-15-11(14)8-13(16-12)17-9-6-4-5-7-10(9)18-2/h4-8H,3H2,1-2H3. The zero-order chi connectivity index (χ0) is 13.0. The van der Waals surface area contributed by atoms with Crippen LogP contribution >= 0.6 is 23.4 Å². The van der Waals surface area contributed by atoms with Gasteiger partial charge in [0.15, 0.2) is 0 Å². The van der Waals surface area contributed by atoms with Crippen molar-refractivity contribution in [2.45, 2.75) is 18.2 Å². The summed E-state index contributed by atoms with van der Waals surface area (Å²) in [4.78, 5) is 9.46. The van der Waals surface area contributed by atoms with Crippen LogP contribution in [0.3, 0.4) is 0 Å². The molecule has 18 heavy (non-hydrogen) atoms. The largest absolute Gasteiger partial charge is 0.438 e. The highest BCUT2D eigenvalue weighted by Crippen LogP contribution is 2.30. The predicted molar refractivity (Wildman–Crippen MR) is 74.7 cm³/mol. The molecular formula is C13H13ClN2OS. The predicted octanol–water partition coefficient (Wildman–Crippen LogP) is 4.21. The van der Waals surface area contributed by atoms with E-state index in [2.05, 4.69) is 9.97 Å². The van der Waals surface area contributed by atoms with Gasteiger partial charge in [-0.2, -0.15) is 4.98 Å². The van der Waals surface area contributed by atoms with Crippen molar-refractivity contribution in [1.29, 1.82) is 0 Å². The fraction of sp³-hybridized carbons (Fsp3) is 0.231. The summed E-state index contributed by atoms with van der Waals surface area (Å²) in [5.41, 5.74) is 0. The summed E-state index contributed by atoms with van der Waals surface area (Å²) in [7, 11) is 0. The van der Waals surface area contributed by atoms with Crippen molar-refractivity contribution in [3.05, 3.63) is 41.3 Å². The SMILES string of the molecule is CCc1nc(Cl)cc(Oc2ccccc2SC)n1. The summed E-state index contributed by atoms with van der Waals surface area (Å²) in [5, 5.41) is 0.401. The van der Waals surface area contributed by atoms with E-state index in [9.17, 15) is 0 Å². The lowest BCUT2D eigenvalue weighted by atomic mass is 10.3. The molecule has 2 rings (SSSR count). The van der Waals surface area contributed by atoms with Crippen LogP contribution in [-0.2, 0) is 6.42 Å². The molecule has 94 valence electrons. The summed E-state index contributed by atoms with van der Waals surface area (Å²) in [6.45, 7) is 1.98. The highest BCUT2D eigenvalue weighted by Gasteiger charge is 2.07. The molecular weight excluding hydrogens is 268 g/mol. The molecule has 5 heteroatoms. The smallest absolute Gasteiger partial charge is 0.224 e. The molecule has 0 fully saturated rings. The fourth-order valence-electron chi connectivity index (χ4n) is 1.47. The normalized spacial score (nSPS) is 10.4. The van der Waals surface area contributed by atoms with Crippen LogP contribution in [-0.4, -0.2) is 16.2 Å². The first-order valence-electron chi connectivity index (χ1n) is 5.57. The number of ether oxygens (including phenoxy) is 1. The van der Waals surface area contributed by atoms with Gasteiger partial charge in [-0.25, -0.2) is 4.98 Å². The highest BCUT2D eigenvalue weighted by atomic mass is 35.5. The lowest BCUT2D eigenvalue weighted by molar-refractivity contribution is 0.448. The molecule has 3 nitrogen and oxygen atoms in total. The van der Waals surface area contributed by atoms with E-state index in [0.717, 1.165) is 17.1 Å². The average Bonchev–Trinajstić information content (AvgIpc) is 2.38. The second-order valence-corrected chi connectivity index (χ2v) is 4.79. The fourth-order valence-corrected chi connectivity index (χ4v) is 2.18. The number of benzene rings is 1. The Bertz CT molecular complexity index is 548. The molecule has 2 aromatic rings. The molecule has 1 aromatic heterocycles. The lowest BCUT2D eigenvalue weighted by Crippen LogP contribution is -1.96. The molecule has 0 amide bonds. The van der Waals surface area contributed by atoms with Crippen molar-refractivity contribution < 1.29 is 4.74 Å². The number of thioether (sulfide) groups is 1. The van der Waals surface area contributed by atoms with Gasteiger partial charge < -0.3 is 4.74 Å². The molecule has 0 aliphatic carbocycles. The maximum atomic E-state index is 5.93. The minimum atomic E-state index is 0.401. The maximum absolute atomic E-state index is 5.93. The van der Waals surface area contributed by atoms with Crippen LogP contribution < -0.4 is 4.74 Å². The molecule has 0 N–H and O–H groups in total. The monoisotopic (exact) mass is 280 g/mol. The maximum Gasteiger partial charge on any atom is 0.224 e. The molecule has 0 atom stereocenters. The molecule has 0 bridgehead atoms. The van der Waals surface area contributed by atoms with E-state index in [1.165, 1.54) is 0 Å². The molecule has 0 saturated carbocycles. The Kier molecular flexibility index (Phi) is 4.44. The number of rotatable bonds is 4. The second-order valence-electron chi connectivity index (χ2n) is 3.55. The zero-order valence-electron chi connectivity index (χ0n) is 10.2. The van der Waals surface area contributed by atoms with Gasteiger partial charge in [-0.05, 0) is 18.4 Å². The summed E-state index contributed by atoms with van der Waals surface area (Å²) in [5.74, 6) is 1.94. The Morgan fingerprint density at radius 3 is 2.78 bits per heavy atom. The topological polar surface area (TPSA) is 35.0 Å². The van der Waals surface area contributed by atoms with Crippen LogP contribution in [0.4, 0.5) is 0 Å². The number of halogens is 1. The van der Waals surface area contributed by atoms with E-state index in [1.807, 2.05) is 37.4 Å². The van der Waals surface area contributed by atoms with E-state index >= 15 is 0 Å². The van der Waals surface area contributed by atoms with Gasteiger partial charge >= 0.3 is 0 Å². The van der Waals surface area contributed by atoms with Crippen LogP contribution in [0.25, 0.3) is 0 Å². The van der Waals surface area contributed by atoms with Gasteiger partial charge in [0.05, 0.1) is 0 Å². The van der Waals surface area contributed by atoms with E-state index < -0.39 is 0 Å². The van der Waals surface area contributed by atoms with Crippen LogP contribution in [0, 0.1) is 0 Å². The summed E-state index contributed by atoms with van der Waals surface area (Å²) < 4.78 is 5.77. The molecule has 0 radical (unpaired) electrons. The quantitative estimate of drug-likeness (QED) is 0.621. The molecule has 0 aliphatic heterocycles. The van der Waals surface area contributed by atoms with Crippen LogP contribution in [0.2, 0.25) is 5.15 Å². The molecule has 0 spiro atoms.